The molecule has 5 nitrogen and oxygen atoms in total. The van der Waals surface area contributed by atoms with E-state index in [4.69, 9.17) is 15.3 Å². The zero-order valence-corrected chi connectivity index (χ0v) is 13.4. The molecule has 1 heterocycles. The predicted octanol–water partition coefficient (Wildman–Crippen LogP) is 4.30. The van der Waals surface area contributed by atoms with Gasteiger partial charge in [-0.3, -0.25) is 5.43 Å². The Balaban J connectivity index is 1.61. The molecule has 0 aliphatic heterocycles. The highest BCUT2D eigenvalue weighted by atomic mass is 32.1. The smallest absolute Gasteiger partial charge is 0.237 e. The number of rotatable bonds is 5. The lowest BCUT2D eigenvalue weighted by Gasteiger charge is -2.05. The van der Waals surface area contributed by atoms with E-state index in [0.717, 1.165) is 10.6 Å². The third kappa shape index (κ3) is 3.70. The van der Waals surface area contributed by atoms with E-state index in [9.17, 15) is 0 Å². The third-order valence-electron chi connectivity index (χ3n) is 3.22. The fourth-order valence-corrected chi connectivity index (χ4v) is 3.06. The number of hydrazone groups is 1. The van der Waals surface area contributed by atoms with Gasteiger partial charge >= 0.3 is 0 Å². The van der Waals surface area contributed by atoms with Crippen LogP contribution in [0, 0.1) is 22.7 Å². The summed E-state index contributed by atoms with van der Waals surface area (Å²) in [7, 11) is 0. The molecule has 0 atom stereocenters. The summed E-state index contributed by atoms with van der Waals surface area (Å²) in [6.45, 7) is 0.511. The van der Waals surface area contributed by atoms with Crippen LogP contribution in [-0.4, -0.2) is 5.71 Å². The van der Waals surface area contributed by atoms with Crippen molar-refractivity contribution in [2.24, 2.45) is 5.10 Å². The minimum atomic E-state index is -0.222. The van der Waals surface area contributed by atoms with E-state index < -0.39 is 0 Å². The Bertz CT molecular complexity index is 912. The number of hydrogen-bond acceptors (Lipinski definition) is 6. The van der Waals surface area contributed by atoms with Gasteiger partial charge in [0.1, 0.15) is 24.5 Å². The molecule has 3 aromatic rings. The second-order valence-electron chi connectivity index (χ2n) is 4.86. The predicted molar refractivity (Wildman–Crippen MR) is 94.9 cm³/mol. The van der Waals surface area contributed by atoms with Crippen molar-refractivity contribution in [2.45, 2.75) is 6.61 Å². The molecular weight excluding hydrogens is 320 g/mol. The van der Waals surface area contributed by atoms with Crippen LogP contribution in [-0.2, 0) is 6.61 Å². The molecule has 0 amide bonds. The first-order valence-electron chi connectivity index (χ1n) is 7.13. The van der Waals surface area contributed by atoms with Crippen molar-refractivity contribution in [2.75, 3.05) is 5.43 Å². The second-order valence-corrected chi connectivity index (χ2v) is 6.03. The third-order valence-corrected chi connectivity index (χ3v) is 4.31. The summed E-state index contributed by atoms with van der Waals surface area (Å²) < 4.78 is 7.04. The van der Waals surface area contributed by atoms with Crippen LogP contribution in [0.1, 0.15) is 4.88 Å². The van der Waals surface area contributed by atoms with Crippen LogP contribution in [0.5, 0.6) is 5.75 Å². The fraction of sp³-hybridized carbons (Fsp3) is 0.0556. The average Bonchev–Trinajstić information content (AvgIpc) is 3.05. The lowest BCUT2D eigenvalue weighted by Crippen LogP contribution is -1.97. The molecular formula is C18H12N4OS. The molecule has 0 fully saturated rings. The van der Waals surface area contributed by atoms with Crippen LogP contribution in [0.4, 0.5) is 5.69 Å². The number of nitriles is 2. The van der Waals surface area contributed by atoms with Crippen LogP contribution in [0.15, 0.2) is 59.7 Å². The Labute approximate surface area is 143 Å². The van der Waals surface area contributed by atoms with Gasteiger partial charge in [-0.2, -0.15) is 15.6 Å². The summed E-state index contributed by atoms with van der Waals surface area (Å²) in [5, 5.41) is 22.1. The highest BCUT2D eigenvalue weighted by molar-refractivity contribution is 7.19. The van der Waals surface area contributed by atoms with Crippen molar-refractivity contribution in [1.29, 1.82) is 10.5 Å². The van der Waals surface area contributed by atoms with Crippen LogP contribution in [0.25, 0.3) is 10.1 Å². The molecule has 3 rings (SSSR count). The zero-order chi connectivity index (χ0) is 16.8. The van der Waals surface area contributed by atoms with Gasteiger partial charge < -0.3 is 4.74 Å². The molecule has 0 radical (unpaired) electrons. The van der Waals surface area contributed by atoms with Crippen molar-refractivity contribution in [1.82, 2.24) is 0 Å². The van der Waals surface area contributed by atoms with Gasteiger partial charge in [0.2, 0.25) is 5.71 Å². The molecule has 2 aromatic carbocycles. The van der Waals surface area contributed by atoms with E-state index in [1.54, 1.807) is 35.6 Å². The molecule has 24 heavy (non-hydrogen) atoms. The SMILES string of the molecule is N#CC(C#N)=NNc1ccc(OCc2cc3ccccc3s2)cc1. The van der Waals surface area contributed by atoms with Crippen LogP contribution in [0.2, 0.25) is 0 Å². The quantitative estimate of drug-likeness (QED) is 0.558. The van der Waals surface area contributed by atoms with Crippen molar-refractivity contribution in [3.05, 3.63) is 59.5 Å². The van der Waals surface area contributed by atoms with Crippen molar-refractivity contribution >= 4 is 32.8 Å². The van der Waals surface area contributed by atoms with E-state index in [1.165, 1.54) is 10.1 Å². The first-order chi connectivity index (χ1) is 11.8. The van der Waals surface area contributed by atoms with Gasteiger partial charge in [0, 0.05) is 9.58 Å². The normalized spacial score (nSPS) is 9.75. The van der Waals surface area contributed by atoms with E-state index in [0.29, 0.717) is 12.3 Å². The van der Waals surface area contributed by atoms with Gasteiger partial charge in [0.05, 0.1) is 5.69 Å². The number of thiophene rings is 1. The number of nitrogens with one attached hydrogen (secondary N) is 1. The van der Waals surface area contributed by atoms with Crippen molar-refractivity contribution in [3.63, 3.8) is 0 Å². The van der Waals surface area contributed by atoms with Crippen LogP contribution >= 0.6 is 11.3 Å². The van der Waals surface area contributed by atoms with Crippen molar-refractivity contribution in [3.8, 4) is 17.9 Å². The largest absolute Gasteiger partial charge is 0.488 e. The Morgan fingerprint density at radius 2 is 1.83 bits per heavy atom. The summed E-state index contributed by atoms with van der Waals surface area (Å²) in [6, 6.07) is 20.9. The monoisotopic (exact) mass is 332 g/mol. The van der Waals surface area contributed by atoms with Crippen LogP contribution < -0.4 is 10.2 Å². The lowest BCUT2D eigenvalue weighted by molar-refractivity contribution is 0.310. The number of ether oxygens (including phenoxy) is 1. The Morgan fingerprint density at radius 1 is 1.08 bits per heavy atom. The summed E-state index contributed by atoms with van der Waals surface area (Å²) >= 11 is 1.72. The summed E-state index contributed by atoms with van der Waals surface area (Å²) in [5.41, 5.74) is 3.11. The molecule has 0 bridgehead atoms. The van der Waals surface area contributed by atoms with E-state index in [2.05, 4.69) is 28.7 Å². The zero-order valence-electron chi connectivity index (χ0n) is 12.6. The Hall–Kier alpha value is -3.35. The molecule has 0 spiro atoms. The fourth-order valence-electron chi connectivity index (χ4n) is 2.08. The van der Waals surface area contributed by atoms with Gasteiger partial charge in [-0.05, 0) is 41.8 Å². The summed E-state index contributed by atoms with van der Waals surface area (Å²) in [4.78, 5) is 1.16. The minimum absolute atomic E-state index is 0.222. The highest BCUT2D eigenvalue weighted by Crippen LogP contribution is 2.26. The van der Waals surface area contributed by atoms with E-state index >= 15 is 0 Å². The maximum Gasteiger partial charge on any atom is 0.237 e. The van der Waals surface area contributed by atoms with Gasteiger partial charge in [-0.1, -0.05) is 18.2 Å². The van der Waals surface area contributed by atoms with Crippen molar-refractivity contribution < 1.29 is 4.74 Å². The summed E-state index contributed by atoms with van der Waals surface area (Å²) in [6.07, 6.45) is 0. The van der Waals surface area contributed by atoms with Gasteiger partial charge in [0.25, 0.3) is 0 Å². The number of hydrogen-bond donors (Lipinski definition) is 1. The number of nitrogens with zero attached hydrogens (tertiary/aromatic N) is 3. The molecule has 0 saturated heterocycles. The lowest BCUT2D eigenvalue weighted by atomic mass is 10.2. The number of anilines is 1. The molecule has 0 unspecified atom stereocenters. The van der Waals surface area contributed by atoms with Gasteiger partial charge in [-0.15, -0.1) is 11.3 Å². The Morgan fingerprint density at radius 3 is 2.54 bits per heavy atom. The van der Waals surface area contributed by atoms with E-state index in [1.807, 2.05) is 24.3 Å². The highest BCUT2D eigenvalue weighted by Gasteiger charge is 2.02. The summed E-state index contributed by atoms with van der Waals surface area (Å²) in [5.74, 6) is 0.739. The maximum absolute atomic E-state index is 8.62. The molecule has 1 aromatic heterocycles. The molecule has 6 heteroatoms. The number of benzene rings is 2. The molecule has 1 N–H and O–H groups in total. The Kier molecular flexibility index (Phi) is 4.71. The first kappa shape index (κ1) is 15.5. The standard InChI is InChI=1S/C18H12N4OS/c19-10-15(11-20)22-21-14-5-7-16(8-6-14)23-12-17-9-13-3-1-2-4-18(13)24-17/h1-9,21H,12H2. The van der Waals surface area contributed by atoms with Gasteiger partial charge in [0.15, 0.2) is 0 Å². The van der Waals surface area contributed by atoms with Crippen LogP contribution in [0.3, 0.4) is 0 Å². The van der Waals surface area contributed by atoms with E-state index in [-0.39, 0.29) is 5.71 Å². The number of fused-ring (bicyclic) bond motifs is 1. The molecule has 0 saturated carbocycles. The first-order valence-corrected chi connectivity index (χ1v) is 7.94. The topological polar surface area (TPSA) is 81.2 Å². The molecule has 0 aliphatic carbocycles. The van der Waals surface area contributed by atoms with Gasteiger partial charge in [-0.25, -0.2) is 0 Å². The second kappa shape index (κ2) is 7.28. The maximum atomic E-state index is 8.62. The minimum Gasteiger partial charge on any atom is -0.488 e. The molecule has 116 valence electrons. The molecule has 0 aliphatic rings. The average molecular weight is 332 g/mol.